The number of urea groups is 1. The van der Waals surface area contributed by atoms with E-state index in [9.17, 15) is 18.0 Å². The molecule has 2 amide bonds. The smallest absolute Gasteiger partial charge is 0.399 e. The van der Waals surface area contributed by atoms with E-state index in [0.29, 0.717) is 18.7 Å². The van der Waals surface area contributed by atoms with Gasteiger partial charge in [-0.3, -0.25) is 10.2 Å². The third-order valence-electron chi connectivity index (χ3n) is 6.09. The number of amides is 2. The maximum Gasteiger partial charge on any atom is 0.494 e. The van der Waals surface area contributed by atoms with Crippen LogP contribution in [0.4, 0.5) is 29.5 Å². The van der Waals surface area contributed by atoms with Crippen molar-refractivity contribution in [2.45, 2.75) is 51.5 Å². The monoisotopic (exact) mass is 433 g/mol. The molecule has 10 heteroatoms. The lowest BCUT2D eigenvalue weighted by molar-refractivity contribution is -0.137. The molecule has 6 nitrogen and oxygen atoms in total. The highest BCUT2D eigenvalue weighted by Gasteiger charge is 2.51. The number of rotatable bonds is 2. The van der Waals surface area contributed by atoms with Gasteiger partial charge in [-0.1, -0.05) is 12.1 Å². The Morgan fingerprint density at radius 2 is 1.81 bits per heavy atom. The van der Waals surface area contributed by atoms with Crippen LogP contribution >= 0.6 is 0 Å². The quantitative estimate of drug-likeness (QED) is 0.728. The molecule has 0 saturated carbocycles. The first kappa shape index (κ1) is 21.6. The van der Waals surface area contributed by atoms with Crippen molar-refractivity contribution >= 4 is 30.1 Å². The lowest BCUT2D eigenvalue weighted by atomic mass is 9.78. The Morgan fingerprint density at radius 1 is 1.13 bits per heavy atom. The van der Waals surface area contributed by atoms with Crippen LogP contribution in [0.1, 0.15) is 38.8 Å². The Labute approximate surface area is 178 Å². The molecule has 1 aromatic carbocycles. The molecule has 1 aromatic heterocycles. The number of anilines is 2. The highest BCUT2D eigenvalue weighted by molar-refractivity contribution is 6.62. The van der Waals surface area contributed by atoms with Gasteiger partial charge in [-0.05, 0) is 63.3 Å². The molecule has 2 aliphatic rings. The molecule has 1 fully saturated rings. The summed E-state index contributed by atoms with van der Waals surface area (Å²) in [6, 6.07) is 6.74. The topological polar surface area (TPSA) is 63.7 Å². The van der Waals surface area contributed by atoms with Gasteiger partial charge >= 0.3 is 19.3 Å². The first-order valence-corrected chi connectivity index (χ1v) is 9.98. The van der Waals surface area contributed by atoms with Gasteiger partial charge < -0.3 is 9.31 Å². The standard InChI is InChI=1S/C21H23BF3N3O3/c1-19(2)20(3,4)31-22(30-19)15-5-6-16-13(11-15)8-10-28(16)18(29)27-17-12-14(7-9-26-17)21(23,24)25/h5-7,9,11-12H,8,10H2,1-4H3,(H,26,27,29). The summed E-state index contributed by atoms with van der Waals surface area (Å²) in [7, 11) is -0.507. The molecule has 0 radical (unpaired) electrons. The molecular formula is C21H23BF3N3O3. The van der Waals surface area contributed by atoms with Crippen LogP contribution in [0.25, 0.3) is 0 Å². The Kier molecular flexibility index (Phi) is 5.05. The number of aromatic nitrogens is 1. The molecule has 31 heavy (non-hydrogen) atoms. The van der Waals surface area contributed by atoms with Crippen LogP contribution in [-0.4, -0.2) is 35.9 Å². The average Bonchev–Trinajstić information content (AvgIpc) is 3.18. The number of nitrogens with zero attached hydrogens (tertiary/aromatic N) is 2. The molecule has 2 aliphatic heterocycles. The number of hydrogen-bond acceptors (Lipinski definition) is 4. The maximum atomic E-state index is 12.9. The number of hydrogen-bond donors (Lipinski definition) is 1. The van der Waals surface area contributed by atoms with Gasteiger partial charge in [0.1, 0.15) is 5.82 Å². The van der Waals surface area contributed by atoms with Gasteiger partial charge in [0.2, 0.25) is 0 Å². The van der Waals surface area contributed by atoms with E-state index in [1.165, 1.54) is 4.90 Å². The fraction of sp³-hybridized carbons (Fsp3) is 0.429. The van der Waals surface area contributed by atoms with Crippen LogP contribution in [0.15, 0.2) is 36.5 Å². The predicted molar refractivity (Wildman–Crippen MR) is 111 cm³/mol. The number of carbonyl (C=O) groups excluding carboxylic acids is 1. The van der Waals surface area contributed by atoms with Crippen LogP contribution in [0.3, 0.4) is 0 Å². The van der Waals surface area contributed by atoms with Gasteiger partial charge in [0.25, 0.3) is 0 Å². The number of carbonyl (C=O) groups is 1. The number of halogens is 3. The second-order valence-electron chi connectivity index (χ2n) is 8.74. The number of fused-ring (bicyclic) bond motifs is 1. The largest absolute Gasteiger partial charge is 0.494 e. The lowest BCUT2D eigenvalue weighted by Crippen LogP contribution is -2.41. The first-order chi connectivity index (χ1) is 14.4. The zero-order valence-electron chi connectivity index (χ0n) is 17.7. The highest BCUT2D eigenvalue weighted by Crippen LogP contribution is 2.37. The van der Waals surface area contributed by atoms with Crippen LogP contribution in [0, 0.1) is 0 Å². The molecule has 1 N–H and O–H groups in total. The van der Waals surface area contributed by atoms with E-state index in [0.717, 1.165) is 29.4 Å². The molecule has 0 bridgehead atoms. The molecule has 0 spiro atoms. The van der Waals surface area contributed by atoms with Crippen LogP contribution in [-0.2, 0) is 21.9 Å². The Morgan fingerprint density at radius 3 is 2.45 bits per heavy atom. The molecule has 0 atom stereocenters. The van der Waals surface area contributed by atoms with Crippen LogP contribution < -0.4 is 15.7 Å². The van der Waals surface area contributed by atoms with Crippen molar-refractivity contribution in [1.29, 1.82) is 0 Å². The van der Waals surface area contributed by atoms with Crippen molar-refractivity contribution in [2.24, 2.45) is 0 Å². The van der Waals surface area contributed by atoms with Gasteiger partial charge in [-0.25, -0.2) is 9.78 Å². The Bertz CT molecular complexity index is 1010. The number of pyridine rings is 1. The molecule has 4 rings (SSSR count). The second kappa shape index (κ2) is 7.24. The molecule has 0 aliphatic carbocycles. The van der Waals surface area contributed by atoms with E-state index in [2.05, 4.69) is 10.3 Å². The van der Waals surface area contributed by atoms with Crippen molar-refractivity contribution in [3.05, 3.63) is 47.7 Å². The van der Waals surface area contributed by atoms with E-state index in [4.69, 9.17) is 9.31 Å². The summed E-state index contributed by atoms with van der Waals surface area (Å²) in [6.45, 7) is 8.33. The molecule has 164 valence electrons. The SMILES string of the molecule is CC1(C)OB(c2ccc3c(c2)CCN3C(=O)Nc2cc(C(F)(F)F)ccn2)OC1(C)C. The van der Waals surface area contributed by atoms with E-state index in [1.54, 1.807) is 0 Å². The van der Waals surface area contributed by atoms with Crippen LogP contribution in [0.5, 0.6) is 0 Å². The predicted octanol–water partition coefficient (Wildman–Crippen LogP) is 3.99. The van der Waals surface area contributed by atoms with Gasteiger partial charge in [0, 0.05) is 18.4 Å². The summed E-state index contributed by atoms with van der Waals surface area (Å²) in [5.41, 5.74) is 0.719. The number of benzene rings is 1. The third-order valence-corrected chi connectivity index (χ3v) is 6.09. The van der Waals surface area contributed by atoms with Crippen molar-refractivity contribution in [3.63, 3.8) is 0 Å². The summed E-state index contributed by atoms with van der Waals surface area (Å²) >= 11 is 0. The summed E-state index contributed by atoms with van der Waals surface area (Å²) < 4.78 is 50.9. The zero-order valence-corrected chi connectivity index (χ0v) is 17.7. The highest BCUT2D eigenvalue weighted by atomic mass is 19.4. The summed E-state index contributed by atoms with van der Waals surface area (Å²) in [5, 5.41) is 2.45. The molecule has 0 unspecified atom stereocenters. The van der Waals surface area contributed by atoms with E-state index >= 15 is 0 Å². The molecule has 1 saturated heterocycles. The minimum Gasteiger partial charge on any atom is -0.399 e. The van der Waals surface area contributed by atoms with Crippen LogP contribution in [0.2, 0.25) is 0 Å². The van der Waals surface area contributed by atoms with Gasteiger partial charge in [0.15, 0.2) is 0 Å². The van der Waals surface area contributed by atoms with Crippen molar-refractivity contribution in [3.8, 4) is 0 Å². The molecule has 2 aromatic rings. The number of alkyl halides is 3. The van der Waals surface area contributed by atoms with Crippen molar-refractivity contribution < 1.29 is 27.3 Å². The minimum absolute atomic E-state index is 0.151. The van der Waals surface area contributed by atoms with E-state index in [-0.39, 0.29) is 5.82 Å². The van der Waals surface area contributed by atoms with E-state index in [1.807, 2.05) is 45.9 Å². The fourth-order valence-electron chi connectivity index (χ4n) is 3.61. The lowest BCUT2D eigenvalue weighted by Gasteiger charge is -2.32. The van der Waals surface area contributed by atoms with Gasteiger partial charge in [-0.15, -0.1) is 0 Å². The Hall–Kier alpha value is -2.59. The Balaban J connectivity index is 1.50. The van der Waals surface area contributed by atoms with Crippen molar-refractivity contribution in [1.82, 2.24) is 4.98 Å². The van der Waals surface area contributed by atoms with Gasteiger partial charge in [-0.2, -0.15) is 13.2 Å². The van der Waals surface area contributed by atoms with E-state index < -0.39 is 36.1 Å². The summed E-state index contributed by atoms with van der Waals surface area (Å²) in [4.78, 5) is 18.0. The van der Waals surface area contributed by atoms with Gasteiger partial charge in [0.05, 0.1) is 16.8 Å². The molecular weight excluding hydrogens is 410 g/mol. The third kappa shape index (κ3) is 4.01. The van der Waals surface area contributed by atoms with Crippen molar-refractivity contribution in [2.75, 3.05) is 16.8 Å². The summed E-state index contributed by atoms with van der Waals surface area (Å²) in [5.74, 6) is -0.151. The normalized spacial score (nSPS) is 19.5. The first-order valence-electron chi connectivity index (χ1n) is 9.98. The zero-order chi connectivity index (χ0) is 22.6. The maximum absolute atomic E-state index is 12.9. The minimum atomic E-state index is -4.51. The number of nitrogens with one attached hydrogen (secondary N) is 1. The summed E-state index contributed by atoms with van der Waals surface area (Å²) in [6.07, 6.45) is -2.87. The molecule has 3 heterocycles. The average molecular weight is 433 g/mol. The fourth-order valence-corrected chi connectivity index (χ4v) is 3.61. The second-order valence-corrected chi connectivity index (χ2v) is 8.74.